The van der Waals surface area contributed by atoms with Gasteiger partial charge >= 0.3 is 6.61 Å². The molecule has 2 aliphatic rings. The molecule has 2 saturated carbocycles. The SMILES string of the molecule is COc1ccc(NCC(=O)NC(C2CC2)C2CC2)cc1OC(F)F. The molecular weight excluding hydrogens is 318 g/mol. The molecule has 0 heterocycles. The molecule has 1 aromatic carbocycles. The van der Waals surface area contributed by atoms with E-state index in [1.807, 2.05) is 0 Å². The van der Waals surface area contributed by atoms with Gasteiger partial charge in [0.05, 0.1) is 13.7 Å². The summed E-state index contributed by atoms with van der Waals surface area (Å²) in [6.45, 7) is -2.84. The lowest BCUT2D eigenvalue weighted by Gasteiger charge is -2.18. The number of nitrogens with one attached hydrogen (secondary N) is 2. The molecule has 0 radical (unpaired) electrons. The Morgan fingerprint density at radius 3 is 2.42 bits per heavy atom. The molecule has 1 amide bonds. The Labute approximate surface area is 139 Å². The fourth-order valence-electron chi connectivity index (χ4n) is 2.93. The molecule has 0 aliphatic heterocycles. The zero-order chi connectivity index (χ0) is 17.1. The molecule has 0 aromatic heterocycles. The summed E-state index contributed by atoms with van der Waals surface area (Å²) in [7, 11) is 1.38. The van der Waals surface area contributed by atoms with Crippen LogP contribution in [0.15, 0.2) is 18.2 Å². The fraction of sp³-hybridized carbons (Fsp3) is 0.588. The Morgan fingerprint density at radius 1 is 1.21 bits per heavy atom. The number of hydrogen-bond acceptors (Lipinski definition) is 4. The largest absolute Gasteiger partial charge is 0.493 e. The van der Waals surface area contributed by atoms with Crippen LogP contribution in [0.4, 0.5) is 14.5 Å². The van der Waals surface area contributed by atoms with Crippen molar-refractivity contribution in [2.45, 2.75) is 38.3 Å². The minimum Gasteiger partial charge on any atom is -0.493 e. The first kappa shape index (κ1) is 16.8. The predicted molar refractivity (Wildman–Crippen MR) is 85.5 cm³/mol. The maximum Gasteiger partial charge on any atom is 0.387 e. The van der Waals surface area contributed by atoms with E-state index in [0.29, 0.717) is 23.6 Å². The molecule has 0 spiro atoms. The number of alkyl halides is 2. The molecule has 2 N–H and O–H groups in total. The van der Waals surface area contributed by atoms with Crippen LogP contribution >= 0.6 is 0 Å². The molecule has 24 heavy (non-hydrogen) atoms. The van der Waals surface area contributed by atoms with Crippen LogP contribution in [0, 0.1) is 11.8 Å². The molecule has 0 atom stereocenters. The number of halogens is 2. The Kier molecular flexibility index (Phi) is 5.06. The van der Waals surface area contributed by atoms with Crippen LogP contribution in [0.1, 0.15) is 25.7 Å². The van der Waals surface area contributed by atoms with Crippen LogP contribution in [0.3, 0.4) is 0 Å². The number of hydrogen-bond donors (Lipinski definition) is 2. The normalized spacial score (nSPS) is 17.0. The zero-order valence-corrected chi connectivity index (χ0v) is 13.6. The molecular formula is C17H22F2N2O3. The van der Waals surface area contributed by atoms with Crippen LogP contribution in [-0.2, 0) is 4.79 Å². The van der Waals surface area contributed by atoms with Gasteiger partial charge in [-0.05, 0) is 49.7 Å². The van der Waals surface area contributed by atoms with E-state index in [4.69, 9.17) is 4.74 Å². The second-order valence-electron chi connectivity index (χ2n) is 6.37. The fourth-order valence-corrected chi connectivity index (χ4v) is 2.93. The number of amides is 1. The van der Waals surface area contributed by atoms with Crippen molar-refractivity contribution < 1.29 is 23.0 Å². The van der Waals surface area contributed by atoms with Gasteiger partial charge < -0.3 is 20.1 Å². The highest BCUT2D eigenvalue weighted by Gasteiger charge is 2.42. The first-order valence-corrected chi connectivity index (χ1v) is 8.23. The van der Waals surface area contributed by atoms with Crippen molar-refractivity contribution in [3.63, 3.8) is 0 Å². The molecule has 0 unspecified atom stereocenters. The number of anilines is 1. The monoisotopic (exact) mass is 340 g/mol. The minimum atomic E-state index is -2.93. The van der Waals surface area contributed by atoms with Crippen LogP contribution < -0.4 is 20.1 Å². The van der Waals surface area contributed by atoms with Crippen molar-refractivity contribution in [2.24, 2.45) is 11.8 Å². The van der Waals surface area contributed by atoms with Gasteiger partial charge in [0.2, 0.25) is 5.91 Å². The summed E-state index contributed by atoms with van der Waals surface area (Å²) < 4.78 is 34.3. The highest BCUT2D eigenvalue weighted by atomic mass is 19.3. The summed E-state index contributed by atoms with van der Waals surface area (Å²) in [4.78, 5) is 12.1. The van der Waals surface area contributed by atoms with Gasteiger partial charge in [0.15, 0.2) is 11.5 Å². The van der Waals surface area contributed by atoms with Crippen molar-refractivity contribution in [3.8, 4) is 11.5 Å². The Morgan fingerprint density at radius 2 is 1.88 bits per heavy atom. The standard InChI is InChI=1S/C17H22F2N2O3/c1-23-13-7-6-12(8-14(13)24-17(18)19)20-9-15(22)21-16(10-2-3-10)11-4-5-11/h6-8,10-11,16-17,20H,2-5,9H2,1H3,(H,21,22). The van der Waals surface area contributed by atoms with Gasteiger partial charge in [-0.2, -0.15) is 8.78 Å². The Hall–Kier alpha value is -2.05. The molecule has 3 rings (SSSR count). The second-order valence-corrected chi connectivity index (χ2v) is 6.37. The number of methoxy groups -OCH3 is 1. The first-order valence-electron chi connectivity index (χ1n) is 8.23. The van der Waals surface area contributed by atoms with E-state index in [-0.39, 0.29) is 24.0 Å². The van der Waals surface area contributed by atoms with E-state index in [2.05, 4.69) is 15.4 Å². The summed E-state index contributed by atoms with van der Waals surface area (Å²) in [6, 6.07) is 4.88. The number of carbonyl (C=O) groups is 1. The first-order chi connectivity index (χ1) is 11.6. The highest BCUT2D eigenvalue weighted by Crippen LogP contribution is 2.44. The lowest BCUT2D eigenvalue weighted by Crippen LogP contribution is -2.41. The van der Waals surface area contributed by atoms with E-state index in [1.54, 1.807) is 6.07 Å². The number of ether oxygens (including phenoxy) is 2. The third kappa shape index (κ3) is 4.49. The number of rotatable bonds is 9. The topological polar surface area (TPSA) is 59.6 Å². The average Bonchev–Trinajstić information content (AvgIpc) is 3.43. The van der Waals surface area contributed by atoms with Gasteiger partial charge in [0.25, 0.3) is 0 Å². The van der Waals surface area contributed by atoms with Crippen molar-refractivity contribution in [2.75, 3.05) is 19.0 Å². The van der Waals surface area contributed by atoms with Gasteiger partial charge in [0.1, 0.15) is 0 Å². The van der Waals surface area contributed by atoms with Crippen LogP contribution in [0.5, 0.6) is 11.5 Å². The third-order valence-corrected chi connectivity index (χ3v) is 4.42. The van der Waals surface area contributed by atoms with Crippen molar-refractivity contribution in [1.29, 1.82) is 0 Å². The van der Waals surface area contributed by atoms with E-state index >= 15 is 0 Å². The molecule has 0 saturated heterocycles. The Balaban J connectivity index is 1.54. The second kappa shape index (κ2) is 7.23. The minimum absolute atomic E-state index is 0.0632. The van der Waals surface area contributed by atoms with Gasteiger partial charge in [-0.15, -0.1) is 0 Å². The summed E-state index contributed by atoms with van der Waals surface area (Å²) >= 11 is 0. The van der Waals surface area contributed by atoms with Crippen molar-refractivity contribution in [3.05, 3.63) is 18.2 Å². The maximum absolute atomic E-state index is 12.4. The molecule has 2 fully saturated rings. The van der Waals surface area contributed by atoms with E-state index in [9.17, 15) is 13.6 Å². The molecule has 7 heteroatoms. The van der Waals surface area contributed by atoms with Crippen molar-refractivity contribution in [1.82, 2.24) is 5.32 Å². The van der Waals surface area contributed by atoms with Gasteiger partial charge in [-0.3, -0.25) is 4.79 Å². The third-order valence-electron chi connectivity index (χ3n) is 4.42. The zero-order valence-electron chi connectivity index (χ0n) is 13.6. The quantitative estimate of drug-likeness (QED) is 0.725. The lowest BCUT2D eigenvalue weighted by molar-refractivity contribution is -0.120. The van der Waals surface area contributed by atoms with Gasteiger partial charge in [-0.1, -0.05) is 0 Å². The molecule has 0 bridgehead atoms. The lowest BCUT2D eigenvalue weighted by atomic mass is 10.1. The summed E-state index contributed by atoms with van der Waals surface area (Å²) in [5.41, 5.74) is 0.524. The van der Waals surface area contributed by atoms with Crippen LogP contribution in [0.2, 0.25) is 0 Å². The van der Waals surface area contributed by atoms with Crippen LogP contribution in [0.25, 0.3) is 0 Å². The summed E-state index contributed by atoms with van der Waals surface area (Å²) in [5, 5.41) is 6.04. The van der Waals surface area contributed by atoms with Gasteiger partial charge in [0, 0.05) is 17.8 Å². The molecule has 1 aromatic rings. The number of carbonyl (C=O) groups excluding carboxylic acids is 1. The van der Waals surface area contributed by atoms with E-state index in [1.165, 1.54) is 44.9 Å². The van der Waals surface area contributed by atoms with Gasteiger partial charge in [-0.25, -0.2) is 0 Å². The van der Waals surface area contributed by atoms with Crippen LogP contribution in [-0.4, -0.2) is 32.2 Å². The molecule has 2 aliphatic carbocycles. The predicted octanol–water partition coefficient (Wildman–Crippen LogP) is 3.01. The molecule has 132 valence electrons. The smallest absolute Gasteiger partial charge is 0.387 e. The van der Waals surface area contributed by atoms with Crippen molar-refractivity contribution >= 4 is 11.6 Å². The van der Waals surface area contributed by atoms with E-state index < -0.39 is 6.61 Å². The highest BCUT2D eigenvalue weighted by molar-refractivity contribution is 5.81. The average molecular weight is 340 g/mol. The van der Waals surface area contributed by atoms with E-state index in [0.717, 1.165) is 0 Å². The Bertz CT molecular complexity index is 577. The summed E-state index contributed by atoms with van der Waals surface area (Å²) in [6.07, 6.45) is 4.78. The molecule has 5 nitrogen and oxygen atoms in total. The summed E-state index contributed by atoms with van der Waals surface area (Å²) in [5.74, 6) is 1.34. The maximum atomic E-state index is 12.4. The number of benzene rings is 1.